The van der Waals surface area contributed by atoms with Crippen molar-refractivity contribution in [2.24, 2.45) is 5.92 Å². The molecule has 1 aliphatic heterocycles. The molecule has 0 aromatic heterocycles. The molecule has 1 N–H and O–H groups in total. The van der Waals surface area contributed by atoms with Crippen molar-refractivity contribution in [1.82, 2.24) is 4.90 Å². The molecular formula is C7H12FNO2. The van der Waals surface area contributed by atoms with Gasteiger partial charge in [-0.15, -0.1) is 0 Å². The number of aliphatic carboxylic acids is 1. The van der Waals surface area contributed by atoms with Gasteiger partial charge in [0, 0.05) is 19.0 Å². The lowest BCUT2D eigenvalue weighted by atomic mass is 10.00. The van der Waals surface area contributed by atoms with Crippen LogP contribution in [-0.2, 0) is 4.79 Å². The molecule has 11 heavy (non-hydrogen) atoms. The zero-order chi connectivity index (χ0) is 8.43. The largest absolute Gasteiger partial charge is 0.480 e. The minimum atomic E-state index is -0.831. The first-order valence-electron chi connectivity index (χ1n) is 3.68. The van der Waals surface area contributed by atoms with Gasteiger partial charge in [-0.2, -0.15) is 0 Å². The monoisotopic (exact) mass is 161 g/mol. The number of alkyl halides is 1. The number of rotatable bonds is 3. The lowest BCUT2D eigenvalue weighted by molar-refractivity contribution is -0.145. The van der Waals surface area contributed by atoms with E-state index in [0.717, 1.165) is 0 Å². The van der Waals surface area contributed by atoms with Crippen LogP contribution in [0.25, 0.3) is 0 Å². The topological polar surface area (TPSA) is 40.5 Å². The summed E-state index contributed by atoms with van der Waals surface area (Å²) in [5, 5.41) is 8.54. The van der Waals surface area contributed by atoms with E-state index < -0.39 is 12.0 Å². The van der Waals surface area contributed by atoms with E-state index in [1.54, 1.807) is 11.8 Å². The van der Waals surface area contributed by atoms with E-state index in [1.165, 1.54) is 0 Å². The number of carboxylic acids is 1. The highest BCUT2D eigenvalue weighted by molar-refractivity contribution is 5.73. The van der Waals surface area contributed by atoms with Gasteiger partial charge in [0.25, 0.3) is 0 Å². The number of hydrogen-bond donors (Lipinski definition) is 1. The number of nitrogens with zero attached hydrogens (tertiary/aromatic N) is 1. The minimum Gasteiger partial charge on any atom is -0.480 e. The summed E-state index contributed by atoms with van der Waals surface area (Å²) in [6.07, 6.45) is 0. The van der Waals surface area contributed by atoms with E-state index in [1.807, 2.05) is 0 Å². The third-order valence-corrected chi connectivity index (χ3v) is 2.11. The molecule has 0 bridgehead atoms. The standard InChI is InChI=1S/C7H12FNO2/c1-5(7(10)11)9-3-6(2-8)4-9/h5-6H,2-4H2,1H3,(H,10,11)/t5-/m1/s1. The number of likely N-dealkylation sites (tertiary alicyclic amines) is 1. The van der Waals surface area contributed by atoms with Crippen molar-refractivity contribution >= 4 is 5.97 Å². The summed E-state index contributed by atoms with van der Waals surface area (Å²) >= 11 is 0. The van der Waals surface area contributed by atoms with Gasteiger partial charge in [-0.05, 0) is 6.92 Å². The molecule has 0 amide bonds. The number of carbonyl (C=O) groups is 1. The molecule has 1 heterocycles. The van der Waals surface area contributed by atoms with Crippen LogP contribution in [0.3, 0.4) is 0 Å². The van der Waals surface area contributed by atoms with Crippen LogP contribution in [0.2, 0.25) is 0 Å². The Balaban J connectivity index is 2.26. The summed E-state index contributed by atoms with van der Waals surface area (Å²) in [5.41, 5.74) is 0. The molecular weight excluding hydrogens is 149 g/mol. The van der Waals surface area contributed by atoms with Crippen LogP contribution >= 0.6 is 0 Å². The van der Waals surface area contributed by atoms with Crippen molar-refractivity contribution in [3.63, 3.8) is 0 Å². The van der Waals surface area contributed by atoms with E-state index in [-0.39, 0.29) is 12.6 Å². The van der Waals surface area contributed by atoms with Gasteiger partial charge in [0.1, 0.15) is 6.04 Å². The Hall–Kier alpha value is -0.640. The van der Waals surface area contributed by atoms with Crippen molar-refractivity contribution in [3.05, 3.63) is 0 Å². The fraction of sp³-hybridized carbons (Fsp3) is 0.857. The van der Waals surface area contributed by atoms with Gasteiger partial charge in [0.2, 0.25) is 0 Å². The van der Waals surface area contributed by atoms with Crippen molar-refractivity contribution < 1.29 is 14.3 Å². The average molecular weight is 161 g/mol. The van der Waals surface area contributed by atoms with Gasteiger partial charge in [-0.1, -0.05) is 0 Å². The molecule has 0 saturated carbocycles. The van der Waals surface area contributed by atoms with Crippen LogP contribution in [0.1, 0.15) is 6.92 Å². The molecule has 0 aliphatic carbocycles. The highest BCUT2D eigenvalue weighted by Gasteiger charge is 2.32. The zero-order valence-electron chi connectivity index (χ0n) is 6.46. The van der Waals surface area contributed by atoms with Gasteiger partial charge in [-0.25, -0.2) is 0 Å². The van der Waals surface area contributed by atoms with Crippen molar-refractivity contribution in [2.45, 2.75) is 13.0 Å². The Bertz CT molecular complexity index is 157. The first-order valence-corrected chi connectivity index (χ1v) is 3.68. The molecule has 1 rings (SSSR count). The fourth-order valence-electron chi connectivity index (χ4n) is 1.18. The van der Waals surface area contributed by atoms with Crippen LogP contribution in [-0.4, -0.2) is 41.8 Å². The van der Waals surface area contributed by atoms with Gasteiger partial charge >= 0.3 is 5.97 Å². The quantitative estimate of drug-likeness (QED) is 0.649. The zero-order valence-corrected chi connectivity index (χ0v) is 6.46. The summed E-state index contributed by atoms with van der Waals surface area (Å²) < 4.78 is 11.9. The smallest absolute Gasteiger partial charge is 0.320 e. The van der Waals surface area contributed by atoms with Gasteiger partial charge in [0.15, 0.2) is 0 Å². The normalized spacial score (nSPS) is 22.7. The highest BCUT2D eigenvalue weighted by atomic mass is 19.1. The molecule has 1 saturated heterocycles. The van der Waals surface area contributed by atoms with Gasteiger partial charge in [0.05, 0.1) is 6.67 Å². The minimum absolute atomic E-state index is 0.0665. The van der Waals surface area contributed by atoms with E-state index in [4.69, 9.17) is 5.11 Å². The molecule has 1 aliphatic rings. The van der Waals surface area contributed by atoms with Crippen LogP contribution in [0, 0.1) is 5.92 Å². The fourth-order valence-corrected chi connectivity index (χ4v) is 1.18. The van der Waals surface area contributed by atoms with E-state index in [0.29, 0.717) is 13.1 Å². The third-order valence-electron chi connectivity index (χ3n) is 2.11. The Labute approximate surface area is 64.8 Å². The van der Waals surface area contributed by atoms with Gasteiger partial charge in [-0.3, -0.25) is 14.1 Å². The van der Waals surface area contributed by atoms with E-state index in [9.17, 15) is 9.18 Å². The number of hydrogen-bond acceptors (Lipinski definition) is 2. The van der Waals surface area contributed by atoms with Crippen LogP contribution < -0.4 is 0 Å². The second-order valence-corrected chi connectivity index (χ2v) is 2.99. The second kappa shape index (κ2) is 3.17. The highest BCUT2D eigenvalue weighted by Crippen LogP contribution is 2.18. The lowest BCUT2D eigenvalue weighted by Crippen LogP contribution is -2.54. The lowest BCUT2D eigenvalue weighted by Gasteiger charge is -2.40. The van der Waals surface area contributed by atoms with Crippen molar-refractivity contribution in [2.75, 3.05) is 19.8 Å². The maximum atomic E-state index is 11.9. The van der Waals surface area contributed by atoms with E-state index >= 15 is 0 Å². The number of carboxylic acid groups (broad SMARTS) is 1. The SMILES string of the molecule is C[C@H](C(=O)O)N1CC(CF)C1. The van der Waals surface area contributed by atoms with Crippen molar-refractivity contribution in [1.29, 1.82) is 0 Å². The van der Waals surface area contributed by atoms with Crippen LogP contribution in [0.4, 0.5) is 4.39 Å². The maximum Gasteiger partial charge on any atom is 0.320 e. The predicted molar refractivity (Wildman–Crippen MR) is 38.1 cm³/mol. The first-order chi connectivity index (χ1) is 5.15. The number of halogens is 1. The molecule has 1 fully saturated rings. The third kappa shape index (κ3) is 1.68. The van der Waals surface area contributed by atoms with Gasteiger partial charge < -0.3 is 5.11 Å². The molecule has 0 unspecified atom stereocenters. The van der Waals surface area contributed by atoms with Crippen LogP contribution in [0.5, 0.6) is 0 Å². The molecule has 64 valence electrons. The van der Waals surface area contributed by atoms with Crippen molar-refractivity contribution in [3.8, 4) is 0 Å². The summed E-state index contributed by atoms with van der Waals surface area (Å²) in [5.74, 6) is -0.765. The summed E-state index contributed by atoms with van der Waals surface area (Å²) in [4.78, 5) is 12.1. The maximum absolute atomic E-state index is 11.9. The Morgan fingerprint density at radius 3 is 2.73 bits per heavy atom. The van der Waals surface area contributed by atoms with Crippen LogP contribution in [0.15, 0.2) is 0 Å². The molecule has 0 aromatic rings. The summed E-state index contributed by atoms with van der Waals surface area (Å²) in [7, 11) is 0. The Morgan fingerprint density at radius 1 is 1.82 bits per heavy atom. The summed E-state index contributed by atoms with van der Waals surface area (Å²) in [6, 6.07) is -0.460. The molecule has 4 heteroatoms. The Morgan fingerprint density at radius 2 is 2.36 bits per heavy atom. The second-order valence-electron chi connectivity index (χ2n) is 2.99. The first kappa shape index (κ1) is 8.46. The van der Waals surface area contributed by atoms with E-state index in [2.05, 4.69) is 0 Å². The summed E-state index contributed by atoms with van der Waals surface area (Å²) in [6.45, 7) is 2.47. The average Bonchev–Trinajstić information content (AvgIpc) is 1.85. The Kier molecular flexibility index (Phi) is 2.44. The predicted octanol–water partition coefficient (Wildman–Crippen LogP) is 0.361. The molecule has 0 radical (unpaired) electrons. The molecule has 0 aromatic carbocycles. The molecule has 3 nitrogen and oxygen atoms in total. The molecule has 0 spiro atoms. The molecule has 1 atom stereocenters.